The molecule has 0 aromatic heterocycles. The van der Waals surface area contributed by atoms with Gasteiger partial charge in [0.2, 0.25) is 0 Å². The maximum Gasteiger partial charge on any atom is 0.305 e. The molecule has 0 bridgehead atoms. The van der Waals surface area contributed by atoms with E-state index in [0.29, 0.717) is 12.8 Å². The smallest absolute Gasteiger partial charge is 0.305 e. The normalized spacial score (nSPS) is 12.5. The van der Waals surface area contributed by atoms with Crippen molar-refractivity contribution in [2.75, 3.05) is 7.11 Å². The van der Waals surface area contributed by atoms with Crippen LogP contribution in [-0.2, 0) is 9.53 Å². The molecular weight excluding hydrogens is 192 g/mol. The van der Waals surface area contributed by atoms with Gasteiger partial charge in [-0.25, -0.2) is 0 Å². The zero-order valence-corrected chi connectivity index (χ0v) is 10.00. The summed E-state index contributed by atoms with van der Waals surface area (Å²) in [5.74, 6) is -0.187. The number of hydrogen-bond donors (Lipinski definition) is 1. The zero-order valence-electron chi connectivity index (χ0n) is 10.00. The highest BCUT2D eigenvalue weighted by Gasteiger charge is 2.06. The third-order valence-electron chi connectivity index (χ3n) is 2.54. The summed E-state index contributed by atoms with van der Waals surface area (Å²) in [5.41, 5.74) is 0. The summed E-state index contributed by atoms with van der Waals surface area (Å²) in [6.45, 7) is 2.17. The van der Waals surface area contributed by atoms with E-state index in [2.05, 4.69) is 11.7 Å². The van der Waals surface area contributed by atoms with Gasteiger partial charge in [0, 0.05) is 6.42 Å². The van der Waals surface area contributed by atoms with Crippen LogP contribution in [0, 0.1) is 0 Å². The molecule has 3 heteroatoms. The summed E-state index contributed by atoms with van der Waals surface area (Å²) in [6.07, 6.45) is 7.23. The third-order valence-corrected chi connectivity index (χ3v) is 2.54. The van der Waals surface area contributed by atoms with Crippen LogP contribution in [-0.4, -0.2) is 24.3 Å². The summed E-state index contributed by atoms with van der Waals surface area (Å²) >= 11 is 0. The molecule has 0 rings (SSSR count). The zero-order chi connectivity index (χ0) is 11.5. The van der Waals surface area contributed by atoms with Gasteiger partial charge in [-0.05, 0) is 19.3 Å². The lowest BCUT2D eigenvalue weighted by Gasteiger charge is -2.09. The number of unbranched alkanes of at least 4 members (excludes halogenated alkanes) is 3. The molecule has 0 aliphatic carbocycles. The van der Waals surface area contributed by atoms with Crippen molar-refractivity contribution in [1.82, 2.24) is 0 Å². The van der Waals surface area contributed by atoms with E-state index in [0.717, 1.165) is 19.3 Å². The number of ether oxygens (including phenoxy) is 1. The maximum atomic E-state index is 10.8. The quantitative estimate of drug-likeness (QED) is 0.476. The molecule has 0 saturated heterocycles. The number of hydrogen-bond acceptors (Lipinski definition) is 3. The number of esters is 1. The summed E-state index contributed by atoms with van der Waals surface area (Å²) < 4.78 is 4.52. The average molecular weight is 216 g/mol. The van der Waals surface area contributed by atoms with Crippen molar-refractivity contribution in [3.05, 3.63) is 0 Å². The average Bonchev–Trinajstić information content (AvgIpc) is 2.24. The molecule has 0 fully saturated rings. The van der Waals surface area contributed by atoms with Crippen LogP contribution < -0.4 is 0 Å². The van der Waals surface area contributed by atoms with Gasteiger partial charge in [-0.1, -0.05) is 32.6 Å². The number of carbonyl (C=O) groups is 1. The molecule has 0 aliphatic heterocycles. The van der Waals surface area contributed by atoms with Gasteiger partial charge < -0.3 is 9.84 Å². The Labute approximate surface area is 92.8 Å². The first-order chi connectivity index (χ1) is 7.20. The number of carbonyl (C=O) groups excluding carboxylic acids is 1. The first-order valence-corrected chi connectivity index (χ1v) is 5.95. The number of rotatable bonds is 9. The van der Waals surface area contributed by atoms with E-state index in [1.807, 2.05) is 0 Å². The summed E-state index contributed by atoms with van der Waals surface area (Å²) in [4.78, 5) is 10.8. The van der Waals surface area contributed by atoms with Gasteiger partial charge in [0.1, 0.15) is 0 Å². The lowest BCUT2D eigenvalue weighted by molar-refractivity contribution is -0.140. The predicted molar refractivity (Wildman–Crippen MR) is 60.6 cm³/mol. The molecule has 0 aliphatic rings. The second kappa shape index (κ2) is 9.97. The van der Waals surface area contributed by atoms with Crippen LogP contribution in [0.2, 0.25) is 0 Å². The molecule has 1 atom stereocenters. The van der Waals surface area contributed by atoms with Crippen LogP contribution in [0.25, 0.3) is 0 Å². The Morgan fingerprint density at radius 3 is 2.47 bits per heavy atom. The van der Waals surface area contributed by atoms with Crippen LogP contribution in [0.1, 0.15) is 58.3 Å². The van der Waals surface area contributed by atoms with Crippen molar-refractivity contribution >= 4 is 5.97 Å². The highest BCUT2D eigenvalue weighted by molar-refractivity contribution is 5.68. The summed E-state index contributed by atoms with van der Waals surface area (Å²) in [7, 11) is 1.39. The standard InChI is InChI=1S/C12H24O3/c1-3-4-5-6-8-11(13)9-7-10-12(14)15-2/h11,13H,3-10H2,1-2H3/t11-/m0/s1. The van der Waals surface area contributed by atoms with Crippen LogP contribution in [0.15, 0.2) is 0 Å². The molecule has 0 spiro atoms. The van der Waals surface area contributed by atoms with E-state index in [9.17, 15) is 9.90 Å². The molecule has 15 heavy (non-hydrogen) atoms. The molecule has 3 nitrogen and oxygen atoms in total. The van der Waals surface area contributed by atoms with Gasteiger partial charge in [-0.2, -0.15) is 0 Å². The van der Waals surface area contributed by atoms with Gasteiger partial charge in [0.05, 0.1) is 13.2 Å². The van der Waals surface area contributed by atoms with E-state index in [1.54, 1.807) is 0 Å². The fourth-order valence-electron chi connectivity index (χ4n) is 1.54. The third kappa shape index (κ3) is 9.73. The molecule has 90 valence electrons. The highest BCUT2D eigenvalue weighted by Crippen LogP contribution is 2.10. The minimum Gasteiger partial charge on any atom is -0.469 e. The minimum absolute atomic E-state index is 0.187. The Hall–Kier alpha value is -0.570. The highest BCUT2D eigenvalue weighted by atomic mass is 16.5. The predicted octanol–water partition coefficient (Wildman–Crippen LogP) is 2.66. The second-order valence-electron chi connectivity index (χ2n) is 3.97. The second-order valence-corrected chi connectivity index (χ2v) is 3.97. The largest absolute Gasteiger partial charge is 0.469 e. The molecular formula is C12H24O3. The van der Waals surface area contributed by atoms with Crippen molar-refractivity contribution in [2.24, 2.45) is 0 Å². The fourth-order valence-corrected chi connectivity index (χ4v) is 1.54. The topological polar surface area (TPSA) is 46.5 Å². The molecule has 1 N–H and O–H groups in total. The van der Waals surface area contributed by atoms with E-state index >= 15 is 0 Å². The molecule has 0 unspecified atom stereocenters. The van der Waals surface area contributed by atoms with Gasteiger partial charge in [0.15, 0.2) is 0 Å². The van der Waals surface area contributed by atoms with Gasteiger partial charge in [-0.15, -0.1) is 0 Å². The molecule has 0 amide bonds. The molecule has 0 aromatic carbocycles. The molecule has 0 aromatic rings. The van der Waals surface area contributed by atoms with E-state index in [4.69, 9.17) is 0 Å². The van der Waals surface area contributed by atoms with Crippen molar-refractivity contribution in [3.63, 3.8) is 0 Å². The van der Waals surface area contributed by atoms with Crippen molar-refractivity contribution < 1.29 is 14.6 Å². The van der Waals surface area contributed by atoms with Gasteiger partial charge in [-0.3, -0.25) is 4.79 Å². The number of aliphatic hydroxyl groups excluding tert-OH is 1. The van der Waals surface area contributed by atoms with E-state index in [1.165, 1.54) is 26.4 Å². The van der Waals surface area contributed by atoms with Crippen molar-refractivity contribution in [2.45, 2.75) is 64.4 Å². The fraction of sp³-hybridized carbons (Fsp3) is 0.917. The van der Waals surface area contributed by atoms with Gasteiger partial charge >= 0.3 is 5.97 Å². The Morgan fingerprint density at radius 2 is 1.87 bits per heavy atom. The molecule has 0 saturated carbocycles. The van der Waals surface area contributed by atoms with Crippen molar-refractivity contribution in [3.8, 4) is 0 Å². The number of methoxy groups -OCH3 is 1. The maximum absolute atomic E-state index is 10.8. The Bertz CT molecular complexity index is 157. The van der Waals surface area contributed by atoms with Crippen molar-refractivity contribution in [1.29, 1.82) is 0 Å². The van der Waals surface area contributed by atoms with Crippen LogP contribution in [0.4, 0.5) is 0 Å². The van der Waals surface area contributed by atoms with E-state index < -0.39 is 0 Å². The van der Waals surface area contributed by atoms with Crippen LogP contribution in [0.3, 0.4) is 0 Å². The minimum atomic E-state index is -0.244. The van der Waals surface area contributed by atoms with Gasteiger partial charge in [0.25, 0.3) is 0 Å². The number of aliphatic hydroxyl groups is 1. The first-order valence-electron chi connectivity index (χ1n) is 5.95. The lowest BCUT2D eigenvalue weighted by Crippen LogP contribution is -2.08. The molecule has 0 heterocycles. The van der Waals surface area contributed by atoms with Crippen LogP contribution in [0.5, 0.6) is 0 Å². The Morgan fingerprint density at radius 1 is 1.20 bits per heavy atom. The lowest BCUT2D eigenvalue weighted by atomic mass is 10.0. The van der Waals surface area contributed by atoms with Crippen LogP contribution >= 0.6 is 0 Å². The molecule has 0 radical (unpaired) electrons. The SMILES string of the molecule is CCCCCC[C@H](O)CCCC(=O)OC. The summed E-state index contributed by atoms with van der Waals surface area (Å²) in [5, 5.41) is 9.58. The summed E-state index contributed by atoms with van der Waals surface area (Å²) in [6, 6.07) is 0. The monoisotopic (exact) mass is 216 g/mol. The van der Waals surface area contributed by atoms with E-state index in [-0.39, 0.29) is 12.1 Å². The first kappa shape index (κ1) is 14.4. The Kier molecular flexibility index (Phi) is 9.59. The Balaban J connectivity index is 3.25.